The minimum absolute atomic E-state index is 0.211. The van der Waals surface area contributed by atoms with E-state index in [9.17, 15) is 4.57 Å². The van der Waals surface area contributed by atoms with Crippen LogP contribution in [-0.2, 0) is 4.57 Å². The molecule has 26 heavy (non-hydrogen) atoms. The Bertz CT molecular complexity index is 890. The van der Waals surface area contributed by atoms with E-state index in [4.69, 9.17) is 14.2 Å². The van der Waals surface area contributed by atoms with Crippen molar-refractivity contribution in [2.45, 2.75) is 25.9 Å². The van der Waals surface area contributed by atoms with Crippen LogP contribution in [-0.4, -0.2) is 25.7 Å². The Balaban J connectivity index is 2.43. The molecular weight excluding hydrogens is 483 g/mol. The van der Waals surface area contributed by atoms with Gasteiger partial charge in [-0.3, -0.25) is 0 Å². The Kier molecular flexibility index (Phi) is 5.24. The highest BCUT2D eigenvalue weighted by Crippen LogP contribution is 2.63. The molecule has 2 aromatic rings. The van der Waals surface area contributed by atoms with Crippen molar-refractivity contribution >= 4 is 44.3 Å². The number of fused-ring (bicyclic) bond motifs is 1. The molecule has 0 saturated heterocycles. The highest BCUT2D eigenvalue weighted by molar-refractivity contribution is 9.11. The standard InChI is InChI=1S/C19H21Br2O4P/c1-19(2,3)26(22)10-25-14-8-6-7-11(18(14)26)15-16(23-4)12(20)9-13(21)17(15)24-5/h6-9H,10H2,1-5H3/t26-/m0/s1. The summed E-state index contributed by atoms with van der Waals surface area (Å²) in [7, 11) is 0.420. The highest BCUT2D eigenvalue weighted by Gasteiger charge is 2.47. The summed E-state index contributed by atoms with van der Waals surface area (Å²) < 4.78 is 32.7. The molecule has 0 saturated carbocycles. The first kappa shape index (κ1) is 19.8. The van der Waals surface area contributed by atoms with Gasteiger partial charge in [0.2, 0.25) is 0 Å². The third-order valence-electron chi connectivity index (χ3n) is 4.66. The average Bonchev–Trinajstić information content (AvgIpc) is 2.93. The monoisotopic (exact) mass is 502 g/mol. The molecule has 1 aliphatic heterocycles. The smallest absolute Gasteiger partial charge is 0.160 e. The second-order valence-electron chi connectivity index (χ2n) is 7.12. The van der Waals surface area contributed by atoms with Gasteiger partial charge in [-0.1, -0.05) is 32.9 Å². The molecule has 0 aromatic heterocycles. The van der Waals surface area contributed by atoms with E-state index in [1.54, 1.807) is 14.2 Å². The van der Waals surface area contributed by atoms with Crippen molar-refractivity contribution in [2.75, 3.05) is 20.6 Å². The van der Waals surface area contributed by atoms with Gasteiger partial charge in [0.05, 0.1) is 34.0 Å². The van der Waals surface area contributed by atoms with Crippen molar-refractivity contribution in [2.24, 2.45) is 0 Å². The summed E-state index contributed by atoms with van der Waals surface area (Å²) in [5, 5.41) is 0.340. The first-order valence-corrected chi connectivity index (χ1v) is 11.6. The highest BCUT2D eigenvalue weighted by atomic mass is 79.9. The van der Waals surface area contributed by atoms with Crippen LogP contribution in [0.15, 0.2) is 33.2 Å². The number of halogens is 2. The van der Waals surface area contributed by atoms with Gasteiger partial charge in [-0.05, 0) is 44.0 Å². The maximum Gasteiger partial charge on any atom is 0.160 e. The molecule has 0 N–H and O–H groups in total. The fourth-order valence-electron chi connectivity index (χ4n) is 3.20. The van der Waals surface area contributed by atoms with Gasteiger partial charge in [-0.25, -0.2) is 0 Å². The van der Waals surface area contributed by atoms with Crippen LogP contribution in [0.25, 0.3) is 11.1 Å². The quantitative estimate of drug-likeness (QED) is 0.479. The minimum atomic E-state index is -2.80. The number of hydrogen-bond acceptors (Lipinski definition) is 4. The molecule has 140 valence electrons. The summed E-state index contributed by atoms with van der Waals surface area (Å²) in [6.45, 7) is 5.98. The number of benzene rings is 2. The summed E-state index contributed by atoms with van der Waals surface area (Å²) in [6, 6.07) is 7.60. The van der Waals surface area contributed by atoms with E-state index in [0.717, 1.165) is 25.4 Å². The van der Waals surface area contributed by atoms with Crippen LogP contribution in [0.3, 0.4) is 0 Å². The molecule has 0 radical (unpaired) electrons. The lowest BCUT2D eigenvalue weighted by Gasteiger charge is -2.28. The van der Waals surface area contributed by atoms with Crippen LogP contribution in [0.1, 0.15) is 20.8 Å². The van der Waals surface area contributed by atoms with E-state index in [1.807, 2.05) is 45.0 Å². The zero-order chi connectivity index (χ0) is 19.3. The maximum atomic E-state index is 14.0. The molecular formula is C19H21Br2O4P. The zero-order valence-electron chi connectivity index (χ0n) is 15.4. The van der Waals surface area contributed by atoms with Gasteiger partial charge in [0, 0.05) is 10.7 Å². The van der Waals surface area contributed by atoms with E-state index in [2.05, 4.69) is 31.9 Å². The lowest BCUT2D eigenvalue weighted by molar-refractivity contribution is 0.389. The molecule has 1 atom stereocenters. The fourth-order valence-corrected chi connectivity index (χ4v) is 7.26. The van der Waals surface area contributed by atoms with Crippen LogP contribution in [0, 0.1) is 0 Å². The van der Waals surface area contributed by atoms with Crippen molar-refractivity contribution in [3.63, 3.8) is 0 Å². The topological polar surface area (TPSA) is 44.8 Å². The second-order valence-corrected chi connectivity index (χ2v) is 12.4. The van der Waals surface area contributed by atoms with E-state index in [0.29, 0.717) is 17.2 Å². The van der Waals surface area contributed by atoms with Gasteiger partial charge in [-0.15, -0.1) is 0 Å². The Morgan fingerprint density at radius 1 is 1.08 bits per heavy atom. The van der Waals surface area contributed by atoms with Gasteiger partial charge >= 0.3 is 0 Å². The van der Waals surface area contributed by atoms with Gasteiger partial charge in [-0.2, -0.15) is 0 Å². The maximum absolute atomic E-state index is 14.0. The third-order valence-corrected chi connectivity index (χ3v) is 9.69. The predicted molar refractivity (Wildman–Crippen MR) is 113 cm³/mol. The normalized spacial score (nSPS) is 19.0. The summed E-state index contributed by atoms with van der Waals surface area (Å²) in [5.41, 5.74) is 1.57. The minimum Gasteiger partial charge on any atom is -0.495 e. The van der Waals surface area contributed by atoms with Gasteiger partial charge in [0.25, 0.3) is 0 Å². The second kappa shape index (κ2) is 6.88. The zero-order valence-corrected chi connectivity index (χ0v) is 19.4. The molecule has 0 spiro atoms. The van der Waals surface area contributed by atoms with Crippen LogP contribution in [0.4, 0.5) is 0 Å². The first-order chi connectivity index (χ1) is 12.2. The molecule has 7 heteroatoms. The number of ether oxygens (including phenoxy) is 3. The Morgan fingerprint density at radius 3 is 2.15 bits per heavy atom. The van der Waals surface area contributed by atoms with Crippen molar-refractivity contribution in [1.29, 1.82) is 0 Å². The van der Waals surface area contributed by atoms with Crippen molar-refractivity contribution in [3.05, 3.63) is 33.2 Å². The lowest BCUT2D eigenvalue weighted by Crippen LogP contribution is -2.23. The van der Waals surface area contributed by atoms with E-state index >= 15 is 0 Å². The number of methoxy groups -OCH3 is 2. The SMILES string of the molecule is COc1c(Br)cc(Br)c(OC)c1-c1cccc2c1[P@](=O)(C(C)(C)C)CO2. The molecule has 2 aromatic carbocycles. The van der Waals surface area contributed by atoms with E-state index < -0.39 is 12.3 Å². The third kappa shape index (κ3) is 2.90. The molecule has 4 nitrogen and oxygen atoms in total. The molecule has 3 rings (SSSR count). The van der Waals surface area contributed by atoms with Crippen LogP contribution in [0.2, 0.25) is 0 Å². The summed E-state index contributed by atoms with van der Waals surface area (Å²) in [4.78, 5) is 0. The Hall–Kier alpha value is -0.970. The molecule has 0 fully saturated rings. The number of rotatable bonds is 3. The largest absolute Gasteiger partial charge is 0.495 e. The van der Waals surface area contributed by atoms with Gasteiger partial charge < -0.3 is 18.8 Å². The Labute approximate surface area is 170 Å². The molecule has 0 bridgehead atoms. The average molecular weight is 504 g/mol. The van der Waals surface area contributed by atoms with Crippen LogP contribution < -0.4 is 19.5 Å². The van der Waals surface area contributed by atoms with Crippen molar-refractivity contribution in [3.8, 4) is 28.4 Å². The summed E-state index contributed by atoms with van der Waals surface area (Å²) >= 11 is 7.11. The molecule has 1 heterocycles. The van der Waals surface area contributed by atoms with E-state index in [1.165, 1.54) is 0 Å². The van der Waals surface area contributed by atoms with Crippen molar-refractivity contribution in [1.82, 2.24) is 0 Å². The molecule has 1 aliphatic rings. The summed E-state index contributed by atoms with van der Waals surface area (Å²) in [6.07, 6.45) is 0.211. The number of hydrogen-bond donors (Lipinski definition) is 0. The molecule has 0 unspecified atom stereocenters. The van der Waals surface area contributed by atoms with Crippen molar-refractivity contribution < 1.29 is 18.8 Å². The summed E-state index contributed by atoms with van der Waals surface area (Å²) in [5.74, 6) is 1.93. The van der Waals surface area contributed by atoms with Gasteiger partial charge in [0.1, 0.15) is 23.6 Å². The van der Waals surface area contributed by atoms with Crippen LogP contribution >= 0.6 is 39.0 Å². The van der Waals surface area contributed by atoms with E-state index in [-0.39, 0.29) is 6.35 Å². The first-order valence-electron chi connectivity index (χ1n) is 8.11. The molecule has 0 aliphatic carbocycles. The van der Waals surface area contributed by atoms with Gasteiger partial charge in [0.15, 0.2) is 7.14 Å². The molecule has 0 amide bonds. The predicted octanol–water partition coefficient (Wildman–Crippen LogP) is 6.03. The fraction of sp³-hybridized carbons (Fsp3) is 0.368. The van der Waals surface area contributed by atoms with Crippen LogP contribution in [0.5, 0.6) is 17.2 Å². The lowest BCUT2D eigenvalue weighted by atomic mass is 10.0. The Morgan fingerprint density at radius 2 is 1.65 bits per heavy atom.